The summed E-state index contributed by atoms with van der Waals surface area (Å²) in [5.74, 6) is 0. The molecule has 72 valence electrons. The molecular formula is C11H6ClN3. The van der Waals surface area contributed by atoms with Crippen LogP contribution in [-0.4, -0.2) is 15.2 Å². The highest BCUT2D eigenvalue weighted by Gasteiger charge is 2.03. The van der Waals surface area contributed by atoms with Gasteiger partial charge in [-0.3, -0.25) is 0 Å². The maximum absolute atomic E-state index is 5.86. The average Bonchev–Trinajstić information content (AvgIpc) is 2.29. The molecule has 0 amide bonds. The van der Waals surface area contributed by atoms with Crippen LogP contribution in [0.25, 0.3) is 21.9 Å². The monoisotopic (exact) mass is 215 g/mol. The first-order chi connectivity index (χ1) is 7.34. The SMILES string of the molecule is Clc1ccc2nnc3ccccc3c2n1. The van der Waals surface area contributed by atoms with Gasteiger partial charge in [-0.15, -0.1) is 10.2 Å². The molecule has 3 aromatic rings. The number of aromatic nitrogens is 3. The minimum absolute atomic E-state index is 0.473. The first-order valence-corrected chi connectivity index (χ1v) is 4.90. The predicted octanol–water partition coefficient (Wildman–Crippen LogP) is 2.83. The van der Waals surface area contributed by atoms with Crippen LogP contribution in [0.1, 0.15) is 0 Å². The molecular weight excluding hydrogens is 210 g/mol. The van der Waals surface area contributed by atoms with Crippen LogP contribution in [0.3, 0.4) is 0 Å². The molecule has 0 aliphatic heterocycles. The lowest BCUT2D eigenvalue weighted by molar-refractivity contribution is 1.11. The Balaban J connectivity index is 2.57. The lowest BCUT2D eigenvalue weighted by Gasteiger charge is -2.00. The van der Waals surface area contributed by atoms with Crippen LogP contribution in [-0.2, 0) is 0 Å². The van der Waals surface area contributed by atoms with Crippen LogP contribution >= 0.6 is 11.6 Å². The Kier molecular flexibility index (Phi) is 1.79. The maximum Gasteiger partial charge on any atom is 0.129 e. The van der Waals surface area contributed by atoms with E-state index in [1.807, 2.05) is 30.3 Å². The van der Waals surface area contributed by atoms with Gasteiger partial charge in [0.1, 0.15) is 16.2 Å². The standard InChI is InChI=1S/C11H6ClN3/c12-10-6-5-9-11(13-10)7-3-1-2-4-8(7)14-15-9/h1-6H. The van der Waals surface area contributed by atoms with E-state index in [-0.39, 0.29) is 0 Å². The van der Waals surface area contributed by atoms with E-state index in [4.69, 9.17) is 11.6 Å². The Hall–Kier alpha value is -1.74. The van der Waals surface area contributed by atoms with Gasteiger partial charge in [0.05, 0.1) is 5.52 Å². The van der Waals surface area contributed by atoms with Crippen molar-refractivity contribution >= 4 is 33.5 Å². The van der Waals surface area contributed by atoms with E-state index in [9.17, 15) is 0 Å². The predicted molar refractivity (Wildman–Crippen MR) is 59.8 cm³/mol. The van der Waals surface area contributed by atoms with Crippen LogP contribution in [0.4, 0.5) is 0 Å². The number of hydrogen-bond acceptors (Lipinski definition) is 3. The van der Waals surface area contributed by atoms with Gasteiger partial charge in [0.15, 0.2) is 0 Å². The number of pyridine rings is 1. The number of halogens is 1. The first-order valence-electron chi connectivity index (χ1n) is 4.52. The van der Waals surface area contributed by atoms with Gasteiger partial charge in [0.2, 0.25) is 0 Å². The third-order valence-corrected chi connectivity index (χ3v) is 2.48. The number of nitrogens with zero attached hydrogens (tertiary/aromatic N) is 3. The van der Waals surface area contributed by atoms with E-state index < -0.39 is 0 Å². The lowest BCUT2D eigenvalue weighted by Crippen LogP contribution is -1.89. The molecule has 3 nitrogen and oxygen atoms in total. The molecule has 2 aromatic heterocycles. The molecule has 0 fully saturated rings. The summed E-state index contributed by atoms with van der Waals surface area (Å²) in [6.45, 7) is 0. The Morgan fingerprint density at radius 2 is 1.67 bits per heavy atom. The van der Waals surface area contributed by atoms with Gasteiger partial charge in [-0.1, -0.05) is 29.8 Å². The summed E-state index contributed by atoms with van der Waals surface area (Å²) in [7, 11) is 0. The summed E-state index contributed by atoms with van der Waals surface area (Å²) in [4.78, 5) is 4.27. The van der Waals surface area contributed by atoms with Gasteiger partial charge in [-0.05, 0) is 18.2 Å². The van der Waals surface area contributed by atoms with Gasteiger partial charge < -0.3 is 0 Å². The maximum atomic E-state index is 5.86. The third-order valence-electron chi connectivity index (χ3n) is 2.26. The summed E-state index contributed by atoms with van der Waals surface area (Å²) in [5.41, 5.74) is 2.39. The van der Waals surface area contributed by atoms with Crippen molar-refractivity contribution in [1.29, 1.82) is 0 Å². The largest absolute Gasteiger partial charge is 0.234 e. The fourth-order valence-corrected chi connectivity index (χ4v) is 1.72. The Morgan fingerprint density at radius 3 is 2.60 bits per heavy atom. The molecule has 2 heterocycles. The van der Waals surface area contributed by atoms with Crippen molar-refractivity contribution in [1.82, 2.24) is 15.2 Å². The fourth-order valence-electron chi connectivity index (χ4n) is 1.58. The Labute approximate surface area is 90.7 Å². The van der Waals surface area contributed by atoms with E-state index in [2.05, 4.69) is 15.2 Å². The zero-order valence-electron chi connectivity index (χ0n) is 7.68. The summed E-state index contributed by atoms with van der Waals surface area (Å²) >= 11 is 5.86. The quantitative estimate of drug-likeness (QED) is 0.428. The molecule has 0 saturated carbocycles. The lowest BCUT2D eigenvalue weighted by atomic mass is 10.2. The average molecular weight is 216 g/mol. The third kappa shape index (κ3) is 1.32. The van der Waals surface area contributed by atoms with Crippen molar-refractivity contribution in [3.8, 4) is 0 Å². The normalized spacial score (nSPS) is 11.0. The molecule has 0 aliphatic carbocycles. The second kappa shape index (κ2) is 3.14. The Bertz CT molecular complexity index is 651. The summed E-state index contributed by atoms with van der Waals surface area (Å²) in [6.07, 6.45) is 0. The van der Waals surface area contributed by atoms with Gasteiger partial charge in [0.25, 0.3) is 0 Å². The number of fused-ring (bicyclic) bond motifs is 3. The van der Waals surface area contributed by atoms with Crippen LogP contribution in [0, 0.1) is 0 Å². The minimum atomic E-state index is 0.473. The first kappa shape index (κ1) is 8.56. The summed E-state index contributed by atoms with van der Waals surface area (Å²) < 4.78 is 0. The van der Waals surface area contributed by atoms with Crippen molar-refractivity contribution < 1.29 is 0 Å². The zero-order valence-corrected chi connectivity index (χ0v) is 8.44. The second-order valence-corrected chi connectivity index (χ2v) is 3.61. The molecule has 0 unspecified atom stereocenters. The fraction of sp³-hybridized carbons (Fsp3) is 0. The topological polar surface area (TPSA) is 38.7 Å². The zero-order chi connectivity index (χ0) is 10.3. The van der Waals surface area contributed by atoms with Gasteiger partial charge in [-0.25, -0.2) is 4.98 Å². The second-order valence-electron chi connectivity index (χ2n) is 3.22. The van der Waals surface area contributed by atoms with Crippen molar-refractivity contribution in [3.63, 3.8) is 0 Å². The van der Waals surface area contributed by atoms with Crippen LogP contribution in [0.15, 0.2) is 36.4 Å². The highest BCUT2D eigenvalue weighted by Crippen LogP contribution is 2.21. The molecule has 0 aliphatic rings. The van der Waals surface area contributed by atoms with Gasteiger partial charge in [-0.2, -0.15) is 0 Å². The van der Waals surface area contributed by atoms with E-state index in [0.29, 0.717) is 5.15 Å². The molecule has 0 N–H and O–H groups in total. The molecule has 0 atom stereocenters. The molecule has 15 heavy (non-hydrogen) atoms. The van der Waals surface area contributed by atoms with Gasteiger partial charge >= 0.3 is 0 Å². The van der Waals surface area contributed by atoms with Crippen LogP contribution in [0.2, 0.25) is 5.15 Å². The smallest absolute Gasteiger partial charge is 0.129 e. The van der Waals surface area contributed by atoms with Crippen molar-refractivity contribution in [2.45, 2.75) is 0 Å². The Morgan fingerprint density at radius 1 is 0.867 bits per heavy atom. The summed E-state index contributed by atoms with van der Waals surface area (Å²) in [5, 5.41) is 9.63. The highest BCUT2D eigenvalue weighted by molar-refractivity contribution is 6.30. The molecule has 0 saturated heterocycles. The van der Waals surface area contributed by atoms with Crippen LogP contribution in [0.5, 0.6) is 0 Å². The van der Waals surface area contributed by atoms with Crippen LogP contribution < -0.4 is 0 Å². The number of hydrogen-bond donors (Lipinski definition) is 0. The molecule has 0 radical (unpaired) electrons. The summed E-state index contributed by atoms with van der Waals surface area (Å²) in [6, 6.07) is 11.3. The van der Waals surface area contributed by atoms with E-state index in [0.717, 1.165) is 21.9 Å². The molecule has 4 heteroatoms. The minimum Gasteiger partial charge on any atom is -0.234 e. The number of rotatable bonds is 0. The molecule has 3 rings (SSSR count). The van der Waals surface area contributed by atoms with Crippen molar-refractivity contribution in [3.05, 3.63) is 41.6 Å². The van der Waals surface area contributed by atoms with Crippen molar-refractivity contribution in [2.24, 2.45) is 0 Å². The van der Waals surface area contributed by atoms with Crippen molar-refractivity contribution in [2.75, 3.05) is 0 Å². The van der Waals surface area contributed by atoms with Gasteiger partial charge in [0, 0.05) is 5.39 Å². The molecule has 1 aromatic carbocycles. The number of benzene rings is 1. The van der Waals surface area contributed by atoms with E-state index in [1.165, 1.54) is 0 Å². The molecule has 0 bridgehead atoms. The molecule has 0 spiro atoms. The van der Waals surface area contributed by atoms with E-state index in [1.54, 1.807) is 6.07 Å². The van der Waals surface area contributed by atoms with E-state index >= 15 is 0 Å². The highest BCUT2D eigenvalue weighted by atomic mass is 35.5.